The van der Waals surface area contributed by atoms with Crippen LogP contribution < -0.4 is 5.32 Å². The van der Waals surface area contributed by atoms with Crippen LogP contribution in [0.25, 0.3) is 0 Å². The molecule has 1 amide bonds. The van der Waals surface area contributed by atoms with Gasteiger partial charge < -0.3 is 10.1 Å². The summed E-state index contributed by atoms with van der Waals surface area (Å²) in [6, 6.07) is 8.73. The zero-order valence-corrected chi connectivity index (χ0v) is 15.7. The highest BCUT2D eigenvalue weighted by molar-refractivity contribution is 7.11. The van der Waals surface area contributed by atoms with Crippen LogP contribution in [0.1, 0.15) is 34.1 Å². The Morgan fingerprint density at radius 1 is 1.29 bits per heavy atom. The van der Waals surface area contributed by atoms with Gasteiger partial charge in [-0.1, -0.05) is 30.3 Å². The van der Waals surface area contributed by atoms with Gasteiger partial charge in [0.05, 0.1) is 11.9 Å². The summed E-state index contributed by atoms with van der Waals surface area (Å²) < 4.78 is 5.49. The largest absolute Gasteiger partial charge is 0.473 e. The number of nitrogens with one attached hydrogen (secondary N) is 1. The third-order valence-corrected chi connectivity index (χ3v) is 5.05. The minimum absolute atomic E-state index is 0.0788. The molecular formula is C18H16N6O3S. The Hall–Kier alpha value is -3.40. The highest BCUT2D eigenvalue weighted by Gasteiger charge is 2.34. The van der Waals surface area contributed by atoms with E-state index in [0.29, 0.717) is 23.1 Å². The molecule has 3 heterocycles. The first-order valence-electron chi connectivity index (χ1n) is 8.48. The number of benzene rings is 1. The fourth-order valence-corrected chi connectivity index (χ4v) is 3.46. The number of aliphatic imine (C=N–C) groups is 1. The number of ketones is 1. The zero-order chi connectivity index (χ0) is 19.5. The number of nitrogens with zero attached hydrogens (tertiary/aromatic N) is 5. The Kier molecular flexibility index (Phi) is 4.94. The summed E-state index contributed by atoms with van der Waals surface area (Å²) in [5.41, 5.74) is 1.55. The average Bonchev–Trinajstić information content (AvgIpc) is 3.43. The Labute approximate surface area is 164 Å². The lowest BCUT2D eigenvalue weighted by Crippen LogP contribution is -2.30. The average molecular weight is 396 g/mol. The number of hydrogen-bond donors (Lipinski definition) is 1. The monoisotopic (exact) mass is 396 g/mol. The number of amides is 1. The number of rotatable bonds is 6. The fourth-order valence-electron chi connectivity index (χ4n) is 2.74. The number of carbonyl (C=O) groups excluding carboxylic acids is 2. The quantitative estimate of drug-likeness (QED) is 0.639. The second-order valence-electron chi connectivity index (χ2n) is 6.12. The summed E-state index contributed by atoms with van der Waals surface area (Å²) in [6.45, 7) is 1.78. The van der Waals surface area contributed by atoms with Crippen LogP contribution in [0, 0.1) is 0 Å². The fraction of sp³-hybridized carbons (Fsp3) is 0.222. The van der Waals surface area contributed by atoms with Crippen molar-refractivity contribution in [3.8, 4) is 0 Å². The molecule has 9 nitrogen and oxygen atoms in total. The van der Waals surface area contributed by atoms with Gasteiger partial charge in [0.1, 0.15) is 6.54 Å². The van der Waals surface area contributed by atoms with E-state index in [0.717, 1.165) is 5.56 Å². The lowest BCUT2D eigenvalue weighted by molar-refractivity contribution is -0.118. The first-order valence-corrected chi connectivity index (χ1v) is 9.36. The Balaban J connectivity index is 1.41. The predicted molar refractivity (Wildman–Crippen MR) is 102 cm³/mol. The maximum absolute atomic E-state index is 12.6. The molecule has 2 aromatic heterocycles. The van der Waals surface area contributed by atoms with Gasteiger partial charge in [0, 0.05) is 12.3 Å². The third-order valence-electron chi connectivity index (χ3n) is 4.06. The van der Waals surface area contributed by atoms with E-state index >= 15 is 0 Å². The SMILES string of the molecule is CC(=O)c1nc(Cn2ncc(NC(=O)C3N=COC3c3ccccc3)n2)cs1. The number of Topliss-reactive ketones (excluding diaryl/α,β-unsaturated/α-hetero) is 1. The van der Waals surface area contributed by atoms with Crippen LogP contribution in [-0.2, 0) is 16.1 Å². The van der Waals surface area contributed by atoms with E-state index in [9.17, 15) is 9.59 Å². The Morgan fingerprint density at radius 3 is 2.86 bits per heavy atom. The molecular weight excluding hydrogens is 380 g/mol. The van der Waals surface area contributed by atoms with Crippen molar-refractivity contribution < 1.29 is 14.3 Å². The van der Waals surface area contributed by atoms with Crippen molar-refractivity contribution in [1.82, 2.24) is 20.0 Å². The summed E-state index contributed by atoms with van der Waals surface area (Å²) in [7, 11) is 0. The second-order valence-corrected chi connectivity index (χ2v) is 6.97. The molecule has 0 radical (unpaired) electrons. The van der Waals surface area contributed by atoms with Crippen LogP contribution in [0.3, 0.4) is 0 Å². The van der Waals surface area contributed by atoms with Crippen molar-refractivity contribution in [2.75, 3.05) is 5.32 Å². The number of ether oxygens (including phenoxy) is 1. The van der Waals surface area contributed by atoms with Gasteiger partial charge in [-0.25, -0.2) is 9.98 Å². The van der Waals surface area contributed by atoms with Crippen molar-refractivity contribution in [1.29, 1.82) is 0 Å². The summed E-state index contributed by atoms with van der Waals surface area (Å²) in [5.74, 6) is -0.104. The lowest BCUT2D eigenvalue weighted by Gasteiger charge is -2.16. The van der Waals surface area contributed by atoms with Gasteiger partial charge in [-0.2, -0.15) is 9.90 Å². The minimum Gasteiger partial charge on any atom is -0.473 e. The van der Waals surface area contributed by atoms with Crippen molar-refractivity contribution >= 4 is 35.2 Å². The molecule has 28 heavy (non-hydrogen) atoms. The van der Waals surface area contributed by atoms with Crippen molar-refractivity contribution in [2.45, 2.75) is 25.6 Å². The normalized spacial score (nSPS) is 18.0. The standard InChI is InChI=1S/C18H16N6O3S/c1-11(25)18-21-13(9-28-18)8-24-20-7-14(23-24)22-17(26)15-16(27-10-19-15)12-5-3-2-4-6-12/h2-7,9-10,15-16H,8H2,1H3,(H,22,23,26). The smallest absolute Gasteiger partial charge is 0.254 e. The molecule has 0 saturated heterocycles. The van der Waals surface area contributed by atoms with E-state index in [1.54, 1.807) is 5.38 Å². The summed E-state index contributed by atoms with van der Waals surface area (Å²) in [4.78, 5) is 33.7. The molecule has 1 aliphatic rings. The molecule has 3 aromatic rings. The molecule has 2 atom stereocenters. The number of carbonyl (C=O) groups is 2. The van der Waals surface area contributed by atoms with Crippen molar-refractivity contribution in [3.63, 3.8) is 0 Å². The second kappa shape index (κ2) is 7.69. The number of anilines is 1. The Morgan fingerprint density at radius 2 is 2.11 bits per heavy atom. The molecule has 0 spiro atoms. The minimum atomic E-state index is -0.704. The van der Waals surface area contributed by atoms with E-state index in [1.807, 2.05) is 30.3 Å². The number of aromatic nitrogens is 4. The molecule has 0 fully saturated rings. The third kappa shape index (κ3) is 3.81. The van der Waals surface area contributed by atoms with E-state index < -0.39 is 12.1 Å². The van der Waals surface area contributed by atoms with Crippen molar-refractivity contribution in [3.05, 3.63) is 58.2 Å². The van der Waals surface area contributed by atoms with Gasteiger partial charge in [0.25, 0.3) is 5.91 Å². The molecule has 1 aromatic carbocycles. The van der Waals surface area contributed by atoms with Gasteiger partial charge in [-0.05, 0) is 5.56 Å². The van der Waals surface area contributed by atoms with Crippen molar-refractivity contribution in [2.24, 2.45) is 4.99 Å². The first kappa shape index (κ1) is 18.0. The van der Waals surface area contributed by atoms with E-state index in [4.69, 9.17) is 4.74 Å². The molecule has 142 valence electrons. The molecule has 4 rings (SSSR count). The lowest BCUT2D eigenvalue weighted by atomic mass is 10.0. The summed E-state index contributed by atoms with van der Waals surface area (Å²) >= 11 is 1.28. The van der Waals surface area contributed by atoms with Crippen LogP contribution in [0.4, 0.5) is 5.82 Å². The maximum Gasteiger partial charge on any atom is 0.254 e. The maximum atomic E-state index is 12.6. The van der Waals surface area contributed by atoms with Crippen LogP contribution in [0.2, 0.25) is 0 Å². The highest BCUT2D eigenvalue weighted by Crippen LogP contribution is 2.27. The van der Waals surface area contributed by atoms with Gasteiger partial charge in [0.2, 0.25) is 0 Å². The highest BCUT2D eigenvalue weighted by atomic mass is 32.1. The molecule has 0 saturated carbocycles. The molecule has 10 heteroatoms. The van der Waals surface area contributed by atoms with Crippen LogP contribution in [-0.4, -0.2) is 44.1 Å². The molecule has 0 aliphatic carbocycles. The number of thiazole rings is 1. The molecule has 0 bridgehead atoms. The van der Waals surface area contributed by atoms with Crippen LogP contribution in [0.15, 0.2) is 46.9 Å². The predicted octanol–water partition coefficient (Wildman–Crippen LogP) is 2.09. The summed E-state index contributed by atoms with van der Waals surface area (Å²) in [5, 5.41) is 13.3. The van der Waals surface area contributed by atoms with Crippen LogP contribution >= 0.6 is 11.3 Å². The molecule has 2 unspecified atom stereocenters. The van der Waals surface area contributed by atoms with E-state index in [1.165, 1.54) is 35.7 Å². The summed E-state index contributed by atoms with van der Waals surface area (Å²) in [6.07, 6.45) is 2.28. The first-order chi connectivity index (χ1) is 13.6. The van der Waals surface area contributed by atoms with Gasteiger partial charge in [0.15, 0.2) is 35.2 Å². The molecule has 1 aliphatic heterocycles. The Bertz CT molecular complexity index is 1030. The van der Waals surface area contributed by atoms with Gasteiger partial charge in [-0.3, -0.25) is 9.59 Å². The zero-order valence-electron chi connectivity index (χ0n) is 14.8. The molecule has 1 N–H and O–H groups in total. The van der Waals surface area contributed by atoms with E-state index in [-0.39, 0.29) is 11.7 Å². The van der Waals surface area contributed by atoms with E-state index in [2.05, 4.69) is 25.5 Å². The van der Waals surface area contributed by atoms with Gasteiger partial charge >= 0.3 is 0 Å². The van der Waals surface area contributed by atoms with Crippen LogP contribution in [0.5, 0.6) is 0 Å². The number of hydrogen-bond acceptors (Lipinski definition) is 8. The topological polar surface area (TPSA) is 111 Å². The van der Waals surface area contributed by atoms with Gasteiger partial charge in [-0.15, -0.1) is 16.4 Å².